The van der Waals surface area contributed by atoms with Gasteiger partial charge in [0, 0.05) is 35.1 Å². The van der Waals surface area contributed by atoms with E-state index in [1.807, 2.05) is 11.0 Å². The minimum absolute atomic E-state index is 0. The number of nitrogens with zero attached hydrogens (tertiary/aromatic N) is 1. The molecule has 3 heterocycles. The number of aromatic nitrogens is 1. The van der Waals surface area contributed by atoms with Gasteiger partial charge in [0.1, 0.15) is 18.2 Å². The van der Waals surface area contributed by atoms with E-state index in [2.05, 4.69) is 77.6 Å². The van der Waals surface area contributed by atoms with Gasteiger partial charge in [-0.1, -0.05) is 42.0 Å². The fourth-order valence-electron chi connectivity index (χ4n) is 6.97. The lowest BCUT2D eigenvalue weighted by Gasteiger charge is -2.32. The Morgan fingerprint density at radius 1 is 1.07 bits per heavy atom. The standard InChI is InChI=1S/C33H31N3O2.CH4S.ClH.H2O/c37-33(36-13-12-25-26-6-3-7-28-32(26)31(18-30(25)36)38-19-34-28)29-17-24-14-20(10-11-27(24)35-29)8-9-21-15-22-4-1-2-5-23(22)16-21;1-2;;/h1,3-4,6,10-11,14,16-18,28,34-35H,2,5,7-9,12-13,15,19H2;2H,1H3;1H;1H2. The molecule has 2 aromatic carbocycles. The highest BCUT2D eigenvalue weighted by molar-refractivity contribution is 7.79. The molecule has 1 atom stereocenters. The number of hydrogen-bond acceptors (Lipinski definition) is 4. The molecule has 3 aromatic rings. The van der Waals surface area contributed by atoms with E-state index in [1.165, 1.54) is 40.7 Å². The number of carbonyl (C=O) groups is 1. The van der Waals surface area contributed by atoms with Crippen molar-refractivity contribution in [3.8, 4) is 5.75 Å². The van der Waals surface area contributed by atoms with E-state index < -0.39 is 0 Å². The van der Waals surface area contributed by atoms with Gasteiger partial charge in [-0.3, -0.25) is 10.1 Å². The van der Waals surface area contributed by atoms with Crippen molar-refractivity contribution >= 4 is 53.6 Å². The van der Waals surface area contributed by atoms with Crippen LogP contribution in [0.1, 0.15) is 70.9 Å². The Morgan fingerprint density at radius 3 is 2.81 bits per heavy atom. The third-order valence-electron chi connectivity index (χ3n) is 8.90. The third-order valence-corrected chi connectivity index (χ3v) is 8.90. The first-order chi connectivity index (χ1) is 19.7. The number of carbonyl (C=O) groups excluding carboxylic acids is 1. The predicted octanol–water partition coefficient (Wildman–Crippen LogP) is 6.82. The van der Waals surface area contributed by atoms with Crippen LogP contribution in [-0.2, 0) is 12.8 Å². The Kier molecular flexibility index (Phi) is 9.04. The minimum Gasteiger partial charge on any atom is -0.478 e. The summed E-state index contributed by atoms with van der Waals surface area (Å²) >= 11 is 3.53. The van der Waals surface area contributed by atoms with E-state index in [0.29, 0.717) is 25.0 Å². The second-order valence-electron chi connectivity index (χ2n) is 11.2. The maximum atomic E-state index is 13.7. The molecule has 2 aliphatic heterocycles. The summed E-state index contributed by atoms with van der Waals surface area (Å²) in [5.74, 6) is 0.942. The summed E-state index contributed by atoms with van der Waals surface area (Å²) in [6, 6.07) is 11.0. The van der Waals surface area contributed by atoms with Crippen molar-refractivity contribution in [1.82, 2.24) is 10.3 Å². The summed E-state index contributed by atoms with van der Waals surface area (Å²) in [6.07, 6.45) is 20.6. The number of anilines is 1. The lowest BCUT2D eigenvalue weighted by Crippen LogP contribution is -2.33. The number of fused-ring (bicyclic) bond motifs is 3. The SMILES string of the molecule is CS.Cl.O.O=C(c1cc2cc(CCC3=CC4=C(C=CCC4)C3)ccc2[nH]1)N1CCc2c1cc1c3c2C=CCC3NCO1. The number of allylic oxidation sites excluding steroid dienone is 6. The van der Waals surface area contributed by atoms with E-state index in [9.17, 15) is 4.79 Å². The highest BCUT2D eigenvalue weighted by atomic mass is 35.5. The number of H-pyrrole nitrogens is 1. The van der Waals surface area contributed by atoms with Gasteiger partial charge in [-0.2, -0.15) is 12.6 Å². The molecule has 5 aliphatic rings. The number of nitrogens with one attached hydrogen (secondary N) is 2. The highest BCUT2D eigenvalue weighted by Gasteiger charge is 2.34. The van der Waals surface area contributed by atoms with Gasteiger partial charge in [0.05, 0.1) is 5.69 Å². The number of aryl methyl sites for hydroxylation is 1. The largest absolute Gasteiger partial charge is 0.478 e. The van der Waals surface area contributed by atoms with Gasteiger partial charge in [0.2, 0.25) is 0 Å². The molecule has 1 aromatic heterocycles. The van der Waals surface area contributed by atoms with Crippen LogP contribution in [0.3, 0.4) is 0 Å². The van der Waals surface area contributed by atoms with Crippen LogP contribution < -0.4 is 15.0 Å². The summed E-state index contributed by atoms with van der Waals surface area (Å²) in [7, 11) is 0. The van der Waals surface area contributed by atoms with Gasteiger partial charge >= 0.3 is 0 Å². The Bertz CT molecular complexity index is 1650. The topological polar surface area (TPSA) is 88.9 Å². The maximum absolute atomic E-state index is 13.7. The Labute approximate surface area is 258 Å². The molecule has 220 valence electrons. The molecule has 0 saturated carbocycles. The number of benzene rings is 2. The smallest absolute Gasteiger partial charge is 0.274 e. The molecule has 1 unspecified atom stereocenters. The second kappa shape index (κ2) is 12.6. The van der Waals surface area contributed by atoms with Crippen LogP contribution in [0.2, 0.25) is 0 Å². The Morgan fingerprint density at radius 2 is 1.95 bits per heavy atom. The monoisotopic (exact) mass is 603 g/mol. The molecule has 0 spiro atoms. The van der Waals surface area contributed by atoms with Gasteiger partial charge in [-0.15, -0.1) is 12.4 Å². The van der Waals surface area contributed by atoms with E-state index in [0.717, 1.165) is 54.4 Å². The molecule has 8 heteroatoms. The van der Waals surface area contributed by atoms with E-state index in [1.54, 1.807) is 17.4 Å². The summed E-state index contributed by atoms with van der Waals surface area (Å²) in [5.41, 5.74) is 12.3. The van der Waals surface area contributed by atoms with Crippen molar-refractivity contribution in [3.63, 3.8) is 0 Å². The van der Waals surface area contributed by atoms with Crippen LogP contribution in [0, 0.1) is 0 Å². The molecular formula is C34H38ClN3O3S. The molecule has 0 fully saturated rings. The summed E-state index contributed by atoms with van der Waals surface area (Å²) < 4.78 is 5.98. The van der Waals surface area contributed by atoms with Crippen LogP contribution in [0.4, 0.5) is 5.69 Å². The first kappa shape index (κ1) is 30.2. The van der Waals surface area contributed by atoms with Crippen molar-refractivity contribution in [2.24, 2.45) is 0 Å². The van der Waals surface area contributed by atoms with Gasteiger partial charge in [0.25, 0.3) is 5.91 Å². The average molecular weight is 604 g/mol. The lowest BCUT2D eigenvalue weighted by atomic mass is 9.87. The molecule has 0 radical (unpaired) electrons. The molecule has 3 aliphatic carbocycles. The van der Waals surface area contributed by atoms with E-state index in [-0.39, 0.29) is 23.8 Å². The molecule has 42 heavy (non-hydrogen) atoms. The van der Waals surface area contributed by atoms with Crippen molar-refractivity contribution in [2.45, 2.75) is 51.0 Å². The van der Waals surface area contributed by atoms with Crippen LogP contribution in [-0.4, -0.2) is 35.9 Å². The summed E-state index contributed by atoms with van der Waals surface area (Å²) in [6.45, 7) is 1.20. The molecule has 0 bridgehead atoms. The number of ether oxygens (including phenoxy) is 1. The summed E-state index contributed by atoms with van der Waals surface area (Å²) in [4.78, 5) is 19.1. The second-order valence-corrected chi connectivity index (χ2v) is 11.2. The number of rotatable bonds is 4. The van der Waals surface area contributed by atoms with Crippen LogP contribution in [0.15, 0.2) is 71.4 Å². The van der Waals surface area contributed by atoms with Crippen LogP contribution in [0.25, 0.3) is 17.0 Å². The zero-order valence-electron chi connectivity index (χ0n) is 23.8. The predicted molar refractivity (Wildman–Crippen MR) is 177 cm³/mol. The normalized spacial score (nSPS) is 19.0. The molecule has 6 nitrogen and oxygen atoms in total. The highest BCUT2D eigenvalue weighted by Crippen LogP contribution is 2.46. The van der Waals surface area contributed by atoms with Crippen LogP contribution >= 0.6 is 25.0 Å². The third kappa shape index (κ3) is 5.24. The van der Waals surface area contributed by atoms with Crippen molar-refractivity contribution in [1.29, 1.82) is 0 Å². The summed E-state index contributed by atoms with van der Waals surface area (Å²) in [5, 5.41) is 4.56. The molecular weight excluding hydrogens is 566 g/mol. The van der Waals surface area contributed by atoms with Gasteiger partial charge < -0.3 is 20.1 Å². The van der Waals surface area contributed by atoms with Gasteiger partial charge in [-0.05, 0) is 97.2 Å². The Hall–Kier alpha value is -3.23. The first-order valence-corrected chi connectivity index (χ1v) is 15.3. The van der Waals surface area contributed by atoms with Crippen LogP contribution in [0.5, 0.6) is 5.75 Å². The van der Waals surface area contributed by atoms with Crippen molar-refractivity contribution in [2.75, 3.05) is 24.4 Å². The van der Waals surface area contributed by atoms with Crippen molar-refractivity contribution < 1.29 is 15.0 Å². The number of halogens is 1. The maximum Gasteiger partial charge on any atom is 0.274 e. The Balaban J connectivity index is 0.000000864. The van der Waals surface area contributed by atoms with Crippen molar-refractivity contribution in [3.05, 3.63) is 99.3 Å². The lowest BCUT2D eigenvalue weighted by molar-refractivity contribution is 0.0985. The van der Waals surface area contributed by atoms with Gasteiger partial charge in [-0.25, -0.2) is 0 Å². The van der Waals surface area contributed by atoms with E-state index in [4.69, 9.17) is 4.74 Å². The average Bonchev–Trinajstić information content (AvgIpc) is 3.73. The fraction of sp³-hybridized carbons (Fsp3) is 0.324. The number of amides is 1. The fourth-order valence-corrected chi connectivity index (χ4v) is 6.97. The zero-order chi connectivity index (χ0) is 27.2. The molecule has 4 N–H and O–H groups in total. The number of hydrogen-bond donors (Lipinski definition) is 3. The quantitative estimate of drug-likeness (QED) is 0.286. The first-order valence-electron chi connectivity index (χ1n) is 14.4. The van der Waals surface area contributed by atoms with E-state index >= 15 is 0 Å². The van der Waals surface area contributed by atoms with Gasteiger partial charge in [0.15, 0.2) is 0 Å². The molecule has 1 amide bonds. The molecule has 0 saturated heterocycles. The minimum atomic E-state index is 0. The number of thiol groups is 1. The zero-order valence-corrected chi connectivity index (χ0v) is 25.5. The molecule has 8 rings (SSSR count). The number of aromatic amines is 1.